The summed E-state index contributed by atoms with van der Waals surface area (Å²) in [4.78, 5) is 24.3. The summed E-state index contributed by atoms with van der Waals surface area (Å²) in [5.41, 5.74) is 1.46. The average Bonchev–Trinajstić information content (AvgIpc) is 3.25. The highest BCUT2D eigenvalue weighted by Crippen LogP contribution is 2.14. The van der Waals surface area contributed by atoms with Crippen LogP contribution in [0.25, 0.3) is 5.69 Å². The van der Waals surface area contributed by atoms with E-state index in [2.05, 4.69) is 20.8 Å². The molecule has 8 heteroatoms. The second-order valence-electron chi connectivity index (χ2n) is 4.63. The van der Waals surface area contributed by atoms with Crippen molar-refractivity contribution in [3.05, 3.63) is 59.3 Å². The molecule has 3 aromatic rings. The normalized spacial score (nSPS) is 10.3. The molecule has 0 spiro atoms. The van der Waals surface area contributed by atoms with E-state index >= 15 is 0 Å². The van der Waals surface area contributed by atoms with Crippen LogP contribution in [0.5, 0.6) is 0 Å². The lowest BCUT2D eigenvalue weighted by atomic mass is 10.2. The van der Waals surface area contributed by atoms with Crippen molar-refractivity contribution in [3.63, 3.8) is 0 Å². The minimum atomic E-state index is -0.296. The maximum absolute atomic E-state index is 11.9. The number of aromatic nitrogens is 3. The highest BCUT2D eigenvalue weighted by Gasteiger charge is 2.09. The third-order valence-corrected chi connectivity index (χ3v) is 3.87. The number of anilines is 1. The standard InChI is InChI=1S/C15H13N5O2S/c21-14(8-16-15(22)13-5-2-6-23-13)19-11-3-1-4-12(7-11)20-9-17-18-10-20/h1-7,9-10H,8H2,(H,16,22)(H,19,21). The zero-order chi connectivity index (χ0) is 16.1. The molecular weight excluding hydrogens is 314 g/mol. The Morgan fingerprint density at radius 3 is 2.70 bits per heavy atom. The average molecular weight is 327 g/mol. The topological polar surface area (TPSA) is 88.9 Å². The number of carbonyl (C=O) groups excluding carboxylic acids is 2. The third kappa shape index (κ3) is 3.80. The predicted molar refractivity (Wildman–Crippen MR) is 86.6 cm³/mol. The highest BCUT2D eigenvalue weighted by molar-refractivity contribution is 7.12. The Morgan fingerprint density at radius 2 is 1.96 bits per heavy atom. The van der Waals surface area contributed by atoms with E-state index in [1.165, 1.54) is 11.3 Å². The van der Waals surface area contributed by atoms with Gasteiger partial charge in [-0.2, -0.15) is 0 Å². The summed E-state index contributed by atoms with van der Waals surface area (Å²) in [5.74, 6) is -0.552. The Labute approximate surface area is 136 Å². The number of hydrogen-bond acceptors (Lipinski definition) is 5. The zero-order valence-corrected chi connectivity index (χ0v) is 12.8. The Balaban J connectivity index is 1.58. The zero-order valence-electron chi connectivity index (χ0n) is 12.0. The minimum absolute atomic E-state index is 0.0897. The van der Waals surface area contributed by atoms with Gasteiger partial charge in [-0.05, 0) is 29.6 Å². The van der Waals surface area contributed by atoms with Crippen LogP contribution < -0.4 is 10.6 Å². The van der Waals surface area contributed by atoms with Crippen molar-refractivity contribution in [2.75, 3.05) is 11.9 Å². The maximum Gasteiger partial charge on any atom is 0.261 e. The third-order valence-electron chi connectivity index (χ3n) is 3.00. The van der Waals surface area contributed by atoms with Gasteiger partial charge in [0.25, 0.3) is 5.91 Å². The first-order valence-electron chi connectivity index (χ1n) is 6.79. The Kier molecular flexibility index (Phi) is 4.44. The largest absolute Gasteiger partial charge is 0.342 e. The SMILES string of the molecule is O=C(CNC(=O)c1cccs1)Nc1cccc(-n2cnnc2)c1. The Bertz CT molecular complexity index is 799. The summed E-state index contributed by atoms with van der Waals surface area (Å²) in [6.45, 7) is -0.0897. The summed E-state index contributed by atoms with van der Waals surface area (Å²) in [6.07, 6.45) is 3.14. The molecule has 7 nitrogen and oxygen atoms in total. The number of rotatable bonds is 5. The smallest absolute Gasteiger partial charge is 0.261 e. The van der Waals surface area contributed by atoms with Crippen LogP contribution in [0.3, 0.4) is 0 Å². The van der Waals surface area contributed by atoms with Crippen LogP contribution in [0.4, 0.5) is 5.69 Å². The molecule has 116 valence electrons. The molecule has 0 bridgehead atoms. The van der Waals surface area contributed by atoms with Crippen molar-refractivity contribution in [2.45, 2.75) is 0 Å². The molecule has 23 heavy (non-hydrogen) atoms. The van der Waals surface area contributed by atoms with Gasteiger partial charge >= 0.3 is 0 Å². The lowest BCUT2D eigenvalue weighted by Crippen LogP contribution is -2.32. The van der Waals surface area contributed by atoms with Crippen LogP contribution in [0.15, 0.2) is 54.4 Å². The Morgan fingerprint density at radius 1 is 1.13 bits per heavy atom. The number of nitrogens with one attached hydrogen (secondary N) is 2. The summed E-state index contributed by atoms with van der Waals surface area (Å²) in [5, 5.41) is 14.6. The number of hydrogen-bond donors (Lipinski definition) is 2. The molecule has 0 saturated heterocycles. The van der Waals surface area contributed by atoms with Crippen molar-refractivity contribution < 1.29 is 9.59 Å². The van der Waals surface area contributed by atoms with E-state index in [4.69, 9.17) is 0 Å². The van der Waals surface area contributed by atoms with Crippen LogP contribution >= 0.6 is 11.3 Å². The molecule has 0 unspecified atom stereocenters. The summed E-state index contributed by atoms with van der Waals surface area (Å²) in [6, 6.07) is 10.7. The molecular formula is C15H13N5O2S. The molecule has 0 fully saturated rings. The van der Waals surface area contributed by atoms with Gasteiger partial charge in [0.2, 0.25) is 5.91 Å². The lowest BCUT2D eigenvalue weighted by Gasteiger charge is -2.08. The number of benzene rings is 1. The van der Waals surface area contributed by atoms with Crippen LogP contribution in [0, 0.1) is 0 Å². The van der Waals surface area contributed by atoms with Crippen molar-refractivity contribution >= 4 is 28.8 Å². The molecule has 0 aliphatic carbocycles. The van der Waals surface area contributed by atoms with Crippen molar-refractivity contribution in [3.8, 4) is 5.69 Å². The number of thiophene rings is 1. The monoisotopic (exact) mass is 327 g/mol. The lowest BCUT2D eigenvalue weighted by molar-refractivity contribution is -0.115. The molecule has 2 amide bonds. The van der Waals surface area contributed by atoms with Gasteiger partial charge in [0.15, 0.2) is 0 Å². The fourth-order valence-electron chi connectivity index (χ4n) is 1.94. The van der Waals surface area contributed by atoms with Gasteiger partial charge < -0.3 is 10.6 Å². The van der Waals surface area contributed by atoms with Gasteiger partial charge in [-0.1, -0.05) is 12.1 Å². The molecule has 2 N–H and O–H groups in total. The van der Waals surface area contributed by atoms with Crippen LogP contribution in [0.2, 0.25) is 0 Å². The van der Waals surface area contributed by atoms with E-state index in [9.17, 15) is 9.59 Å². The summed E-state index contributed by atoms with van der Waals surface area (Å²) < 4.78 is 1.73. The minimum Gasteiger partial charge on any atom is -0.342 e. The number of carbonyl (C=O) groups is 2. The maximum atomic E-state index is 11.9. The quantitative estimate of drug-likeness (QED) is 0.746. The van der Waals surface area contributed by atoms with Gasteiger partial charge in [-0.15, -0.1) is 21.5 Å². The summed E-state index contributed by atoms with van der Waals surface area (Å²) >= 11 is 1.33. The molecule has 0 aliphatic heterocycles. The molecule has 0 saturated carbocycles. The van der Waals surface area contributed by atoms with Crippen LogP contribution in [0.1, 0.15) is 9.67 Å². The molecule has 2 aromatic heterocycles. The fourth-order valence-corrected chi connectivity index (χ4v) is 2.58. The van der Waals surface area contributed by atoms with Crippen molar-refractivity contribution in [2.24, 2.45) is 0 Å². The van der Waals surface area contributed by atoms with E-state index in [1.807, 2.05) is 17.5 Å². The second-order valence-corrected chi connectivity index (χ2v) is 5.58. The number of nitrogens with zero attached hydrogens (tertiary/aromatic N) is 3. The molecule has 2 heterocycles. The van der Waals surface area contributed by atoms with Gasteiger partial charge in [0.1, 0.15) is 12.7 Å². The van der Waals surface area contributed by atoms with E-state index in [0.29, 0.717) is 10.6 Å². The molecule has 0 aliphatic rings. The second kappa shape index (κ2) is 6.84. The Hall–Kier alpha value is -3.00. The van der Waals surface area contributed by atoms with E-state index in [1.54, 1.807) is 41.5 Å². The fraction of sp³-hybridized carbons (Fsp3) is 0.0667. The molecule has 3 rings (SSSR count). The summed E-state index contributed by atoms with van der Waals surface area (Å²) in [7, 11) is 0. The van der Waals surface area contributed by atoms with E-state index in [0.717, 1.165) is 5.69 Å². The molecule has 0 radical (unpaired) electrons. The van der Waals surface area contributed by atoms with E-state index < -0.39 is 0 Å². The van der Waals surface area contributed by atoms with Gasteiger partial charge in [-0.3, -0.25) is 14.2 Å². The van der Waals surface area contributed by atoms with Gasteiger partial charge in [0, 0.05) is 5.69 Å². The van der Waals surface area contributed by atoms with Crippen LogP contribution in [-0.2, 0) is 4.79 Å². The molecule has 1 aromatic carbocycles. The van der Waals surface area contributed by atoms with Gasteiger partial charge in [0.05, 0.1) is 17.1 Å². The van der Waals surface area contributed by atoms with Crippen molar-refractivity contribution in [1.82, 2.24) is 20.1 Å². The first kappa shape index (κ1) is 14.9. The predicted octanol–water partition coefficient (Wildman–Crippen LogP) is 1.70. The van der Waals surface area contributed by atoms with Crippen LogP contribution in [-0.4, -0.2) is 33.1 Å². The molecule has 0 atom stereocenters. The first-order chi connectivity index (χ1) is 11.2. The van der Waals surface area contributed by atoms with Crippen molar-refractivity contribution in [1.29, 1.82) is 0 Å². The number of amides is 2. The van der Waals surface area contributed by atoms with Gasteiger partial charge in [-0.25, -0.2) is 0 Å². The van der Waals surface area contributed by atoms with E-state index in [-0.39, 0.29) is 18.4 Å². The highest BCUT2D eigenvalue weighted by atomic mass is 32.1. The first-order valence-corrected chi connectivity index (χ1v) is 7.67.